The first-order valence-corrected chi connectivity index (χ1v) is 8.89. The van der Waals surface area contributed by atoms with Crippen LogP contribution in [0.2, 0.25) is 0 Å². The van der Waals surface area contributed by atoms with Crippen molar-refractivity contribution in [3.8, 4) is 0 Å². The lowest BCUT2D eigenvalue weighted by Crippen LogP contribution is -2.51. The molecular weight excluding hydrogens is 347 g/mol. The van der Waals surface area contributed by atoms with Crippen LogP contribution in [0.25, 0.3) is 0 Å². The molecule has 0 saturated carbocycles. The van der Waals surface area contributed by atoms with Crippen LogP contribution in [0.3, 0.4) is 0 Å². The minimum absolute atomic E-state index is 0.169. The molecule has 2 amide bonds. The standard InChI is InChI=1S/C21H21FN2O3/c22-16-8-6-15(7-9-16)12-17-10-11-19(25)24(17)18(20(26)21(23)27)13-14-4-2-1-3-5-14/h1-9,17-18H,10-13H2,(H2,23,27)/t17-,18?/m1/s1. The second-order valence-corrected chi connectivity index (χ2v) is 6.76. The molecule has 1 saturated heterocycles. The fourth-order valence-corrected chi connectivity index (χ4v) is 3.60. The highest BCUT2D eigenvalue weighted by molar-refractivity contribution is 6.37. The molecule has 1 heterocycles. The highest BCUT2D eigenvalue weighted by atomic mass is 19.1. The number of ketones is 1. The SMILES string of the molecule is NC(=O)C(=O)C(Cc1ccccc1)N1C(=O)CC[C@@H]1Cc1ccc(F)cc1. The summed E-state index contributed by atoms with van der Waals surface area (Å²) in [5.41, 5.74) is 6.96. The number of primary amides is 1. The van der Waals surface area contributed by atoms with Gasteiger partial charge in [0.15, 0.2) is 0 Å². The van der Waals surface area contributed by atoms with Crippen LogP contribution >= 0.6 is 0 Å². The summed E-state index contributed by atoms with van der Waals surface area (Å²) in [6, 6.07) is 14.1. The highest BCUT2D eigenvalue weighted by Gasteiger charge is 2.40. The first-order chi connectivity index (χ1) is 13.0. The van der Waals surface area contributed by atoms with Gasteiger partial charge in [-0.25, -0.2) is 4.39 Å². The molecule has 2 aromatic rings. The molecule has 1 fully saturated rings. The van der Waals surface area contributed by atoms with Gasteiger partial charge >= 0.3 is 0 Å². The van der Waals surface area contributed by atoms with Crippen molar-refractivity contribution in [2.24, 2.45) is 5.73 Å². The van der Waals surface area contributed by atoms with E-state index in [0.717, 1.165) is 11.1 Å². The first-order valence-electron chi connectivity index (χ1n) is 8.89. The number of nitrogens with two attached hydrogens (primary N) is 1. The zero-order chi connectivity index (χ0) is 19.4. The van der Waals surface area contributed by atoms with Crippen LogP contribution in [0.5, 0.6) is 0 Å². The Balaban J connectivity index is 1.87. The summed E-state index contributed by atoms with van der Waals surface area (Å²) in [4.78, 5) is 38.1. The number of hydrogen-bond donors (Lipinski definition) is 1. The van der Waals surface area contributed by atoms with E-state index in [1.807, 2.05) is 30.3 Å². The Bertz CT molecular complexity index is 836. The summed E-state index contributed by atoms with van der Waals surface area (Å²) < 4.78 is 13.1. The number of amides is 2. The number of benzene rings is 2. The van der Waals surface area contributed by atoms with Crippen LogP contribution in [-0.4, -0.2) is 34.6 Å². The van der Waals surface area contributed by atoms with Crippen molar-refractivity contribution in [3.05, 3.63) is 71.5 Å². The Labute approximate surface area is 157 Å². The molecule has 1 unspecified atom stereocenters. The van der Waals surface area contributed by atoms with Gasteiger partial charge in [0.05, 0.1) is 0 Å². The van der Waals surface area contributed by atoms with Crippen LogP contribution in [0.1, 0.15) is 24.0 Å². The third-order valence-electron chi connectivity index (χ3n) is 4.91. The van der Waals surface area contributed by atoms with Gasteiger partial charge in [-0.2, -0.15) is 0 Å². The largest absolute Gasteiger partial charge is 0.363 e. The number of Topliss-reactive ketones (excluding diaryl/α,β-unsaturated/α-hetero) is 1. The third kappa shape index (κ3) is 4.39. The molecule has 140 valence electrons. The Kier molecular flexibility index (Phi) is 5.64. The van der Waals surface area contributed by atoms with Gasteiger partial charge in [0.25, 0.3) is 5.91 Å². The minimum atomic E-state index is -1.05. The van der Waals surface area contributed by atoms with Gasteiger partial charge in [-0.3, -0.25) is 14.4 Å². The second-order valence-electron chi connectivity index (χ2n) is 6.76. The Morgan fingerprint density at radius 1 is 1.07 bits per heavy atom. The Hall–Kier alpha value is -3.02. The van der Waals surface area contributed by atoms with E-state index in [1.165, 1.54) is 17.0 Å². The lowest BCUT2D eigenvalue weighted by Gasteiger charge is -2.32. The average Bonchev–Trinajstić information content (AvgIpc) is 3.02. The van der Waals surface area contributed by atoms with E-state index in [1.54, 1.807) is 12.1 Å². The zero-order valence-electron chi connectivity index (χ0n) is 14.8. The van der Waals surface area contributed by atoms with E-state index in [9.17, 15) is 18.8 Å². The van der Waals surface area contributed by atoms with Crippen LogP contribution in [-0.2, 0) is 27.2 Å². The molecule has 2 aromatic carbocycles. The van der Waals surface area contributed by atoms with E-state index >= 15 is 0 Å². The first kappa shape index (κ1) is 18.8. The average molecular weight is 368 g/mol. The second kappa shape index (κ2) is 8.12. The molecule has 5 nitrogen and oxygen atoms in total. The summed E-state index contributed by atoms with van der Waals surface area (Å²) in [6.45, 7) is 0. The van der Waals surface area contributed by atoms with Gasteiger partial charge in [0.1, 0.15) is 11.9 Å². The lowest BCUT2D eigenvalue weighted by molar-refractivity contribution is -0.144. The van der Waals surface area contributed by atoms with Crippen molar-refractivity contribution in [1.29, 1.82) is 0 Å². The van der Waals surface area contributed by atoms with Gasteiger partial charge in [0.2, 0.25) is 11.7 Å². The highest BCUT2D eigenvalue weighted by Crippen LogP contribution is 2.27. The number of likely N-dealkylation sites (tertiary alicyclic amines) is 1. The van der Waals surface area contributed by atoms with Crippen molar-refractivity contribution in [3.63, 3.8) is 0 Å². The van der Waals surface area contributed by atoms with Crippen molar-refractivity contribution in [2.45, 2.75) is 37.8 Å². The molecule has 0 bridgehead atoms. The summed E-state index contributed by atoms with van der Waals surface area (Å²) in [5.74, 6) is -2.31. The molecule has 0 aromatic heterocycles. The summed E-state index contributed by atoms with van der Waals surface area (Å²) in [7, 11) is 0. The van der Waals surface area contributed by atoms with Gasteiger partial charge < -0.3 is 10.6 Å². The van der Waals surface area contributed by atoms with E-state index in [4.69, 9.17) is 5.73 Å². The Morgan fingerprint density at radius 2 is 1.74 bits per heavy atom. The van der Waals surface area contributed by atoms with Gasteiger partial charge in [0, 0.05) is 18.9 Å². The molecule has 2 atom stereocenters. The summed E-state index contributed by atoms with van der Waals surface area (Å²) >= 11 is 0. The molecule has 27 heavy (non-hydrogen) atoms. The Morgan fingerprint density at radius 3 is 2.37 bits per heavy atom. The maximum Gasteiger partial charge on any atom is 0.287 e. The molecule has 0 aliphatic carbocycles. The predicted octanol–water partition coefficient (Wildman–Crippen LogP) is 2.02. The molecular formula is C21H21FN2O3. The number of carbonyl (C=O) groups is 3. The number of hydrogen-bond acceptors (Lipinski definition) is 3. The predicted molar refractivity (Wildman–Crippen MR) is 98.1 cm³/mol. The molecule has 1 aliphatic rings. The van der Waals surface area contributed by atoms with E-state index in [0.29, 0.717) is 19.3 Å². The number of nitrogens with zero attached hydrogens (tertiary/aromatic N) is 1. The maximum atomic E-state index is 13.1. The van der Waals surface area contributed by atoms with Gasteiger partial charge in [-0.15, -0.1) is 0 Å². The number of rotatable bonds is 7. The van der Waals surface area contributed by atoms with E-state index < -0.39 is 17.7 Å². The monoisotopic (exact) mass is 368 g/mol. The van der Waals surface area contributed by atoms with Crippen LogP contribution in [0.15, 0.2) is 54.6 Å². The molecule has 2 N–H and O–H groups in total. The van der Waals surface area contributed by atoms with Crippen molar-refractivity contribution in [2.75, 3.05) is 0 Å². The van der Waals surface area contributed by atoms with Gasteiger partial charge in [-0.1, -0.05) is 42.5 Å². The molecule has 6 heteroatoms. The molecule has 0 radical (unpaired) electrons. The molecule has 0 spiro atoms. The van der Waals surface area contributed by atoms with Crippen LogP contribution < -0.4 is 5.73 Å². The van der Waals surface area contributed by atoms with Crippen molar-refractivity contribution < 1.29 is 18.8 Å². The molecule has 1 aliphatic heterocycles. The normalized spacial score (nSPS) is 17.7. The van der Waals surface area contributed by atoms with Crippen LogP contribution in [0.4, 0.5) is 4.39 Å². The third-order valence-corrected chi connectivity index (χ3v) is 4.91. The quantitative estimate of drug-likeness (QED) is 0.760. The topological polar surface area (TPSA) is 80.5 Å². The fraction of sp³-hybridized carbons (Fsp3) is 0.286. The summed E-state index contributed by atoms with van der Waals surface area (Å²) in [5, 5.41) is 0. The van der Waals surface area contributed by atoms with Gasteiger partial charge in [-0.05, 0) is 36.1 Å². The minimum Gasteiger partial charge on any atom is -0.363 e. The number of halogens is 1. The zero-order valence-corrected chi connectivity index (χ0v) is 14.8. The van der Waals surface area contributed by atoms with Crippen molar-refractivity contribution >= 4 is 17.6 Å². The lowest BCUT2D eigenvalue weighted by atomic mass is 9.97. The maximum absolute atomic E-state index is 13.1. The smallest absolute Gasteiger partial charge is 0.287 e. The summed E-state index contributed by atoms with van der Waals surface area (Å²) in [6.07, 6.45) is 1.61. The van der Waals surface area contributed by atoms with E-state index in [2.05, 4.69) is 0 Å². The molecule has 3 rings (SSSR count). The van der Waals surface area contributed by atoms with Crippen molar-refractivity contribution in [1.82, 2.24) is 4.90 Å². The number of carbonyl (C=O) groups excluding carboxylic acids is 3. The van der Waals surface area contributed by atoms with E-state index in [-0.39, 0.29) is 24.2 Å². The fourth-order valence-electron chi connectivity index (χ4n) is 3.60. The van der Waals surface area contributed by atoms with Crippen LogP contribution in [0, 0.1) is 5.82 Å².